The van der Waals surface area contributed by atoms with E-state index in [9.17, 15) is 0 Å². The lowest BCUT2D eigenvalue weighted by molar-refractivity contribution is 0.0583. The average molecular weight is 206 g/mol. The highest BCUT2D eigenvalue weighted by atomic mass is 16.5. The molecule has 1 aromatic carbocycles. The summed E-state index contributed by atoms with van der Waals surface area (Å²) in [5.41, 5.74) is 7.29. The third-order valence-electron chi connectivity index (χ3n) is 2.82. The van der Waals surface area contributed by atoms with Crippen molar-refractivity contribution in [3.63, 3.8) is 0 Å². The van der Waals surface area contributed by atoms with Crippen LogP contribution < -0.4 is 11.1 Å². The number of hydrogen-bond acceptors (Lipinski definition) is 3. The Bertz CT molecular complexity index is 289. The lowest BCUT2D eigenvalue weighted by Crippen LogP contribution is -2.51. The van der Waals surface area contributed by atoms with Crippen LogP contribution in [0.4, 0.5) is 0 Å². The Kier molecular flexibility index (Phi) is 3.72. The summed E-state index contributed by atoms with van der Waals surface area (Å²) >= 11 is 0. The predicted molar refractivity (Wildman–Crippen MR) is 60.5 cm³/mol. The predicted octanol–water partition coefficient (Wildman–Crippen LogP) is 0.892. The van der Waals surface area contributed by atoms with E-state index in [1.165, 1.54) is 5.56 Å². The number of ether oxygens (including phenoxy) is 1. The summed E-state index contributed by atoms with van der Waals surface area (Å²) in [7, 11) is 0. The molecule has 0 aromatic heterocycles. The summed E-state index contributed by atoms with van der Waals surface area (Å²) in [5.74, 6) is 0. The van der Waals surface area contributed by atoms with Crippen LogP contribution in [0.2, 0.25) is 0 Å². The maximum atomic E-state index is 6.00. The van der Waals surface area contributed by atoms with Crippen LogP contribution in [0.1, 0.15) is 12.0 Å². The summed E-state index contributed by atoms with van der Waals surface area (Å²) < 4.78 is 5.40. The fraction of sp³-hybridized carbons (Fsp3) is 0.500. The first-order valence-corrected chi connectivity index (χ1v) is 5.47. The fourth-order valence-corrected chi connectivity index (χ4v) is 1.81. The molecule has 3 nitrogen and oxygen atoms in total. The molecule has 1 saturated heterocycles. The highest BCUT2D eigenvalue weighted by Crippen LogP contribution is 2.06. The van der Waals surface area contributed by atoms with Gasteiger partial charge in [-0.15, -0.1) is 0 Å². The van der Waals surface area contributed by atoms with Gasteiger partial charge in [-0.25, -0.2) is 0 Å². The summed E-state index contributed by atoms with van der Waals surface area (Å²) in [6.45, 7) is 2.39. The third-order valence-corrected chi connectivity index (χ3v) is 2.82. The van der Waals surface area contributed by atoms with Gasteiger partial charge in [0, 0.05) is 25.2 Å². The second kappa shape index (κ2) is 5.26. The van der Waals surface area contributed by atoms with E-state index in [1.54, 1.807) is 0 Å². The molecule has 3 N–H and O–H groups in total. The SMILES string of the molecule is N[C@@H]1CCOC[C@H]1NCc1ccccc1. The van der Waals surface area contributed by atoms with E-state index in [2.05, 4.69) is 17.4 Å². The van der Waals surface area contributed by atoms with Gasteiger partial charge >= 0.3 is 0 Å². The van der Waals surface area contributed by atoms with Crippen LogP contribution in [-0.2, 0) is 11.3 Å². The molecule has 0 spiro atoms. The van der Waals surface area contributed by atoms with Crippen molar-refractivity contribution in [3.8, 4) is 0 Å². The van der Waals surface area contributed by atoms with Gasteiger partial charge < -0.3 is 15.8 Å². The quantitative estimate of drug-likeness (QED) is 0.772. The zero-order valence-electron chi connectivity index (χ0n) is 8.86. The molecule has 0 saturated carbocycles. The van der Waals surface area contributed by atoms with Crippen LogP contribution in [0.5, 0.6) is 0 Å². The Hall–Kier alpha value is -0.900. The Labute approximate surface area is 90.6 Å². The van der Waals surface area contributed by atoms with Crippen LogP contribution in [0, 0.1) is 0 Å². The van der Waals surface area contributed by atoms with Gasteiger partial charge in [0.25, 0.3) is 0 Å². The maximum Gasteiger partial charge on any atom is 0.0634 e. The van der Waals surface area contributed by atoms with Crippen molar-refractivity contribution in [3.05, 3.63) is 35.9 Å². The summed E-state index contributed by atoms with van der Waals surface area (Å²) in [4.78, 5) is 0. The lowest BCUT2D eigenvalue weighted by atomic mass is 10.0. The number of nitrogens with two attached hydrogens (primary N) is 1. The van der Waals surface area contributed by atoms with Gasteiger partial charge in [-0.1, -0.05) is 30.3 Å². The van der Waals surface area contributed by atoms with Crippen LogP contribution in [0.15, 0.2) is 30.3 Å². The van der Waals surface area contributed by atoms with Gasteiger partial charge in [0.05, 0.1) is 6.61 Å². The number of hydrogen-bond donors (Lipinski definition) is 2. The lowest BCUT2D eigenvalue weighted by Gasteiger charge is -2.29. The largest absolute Gasteiger partial charge is 0.380 e. The van der Waals surface area contributed by atoms with Crippen molar-refractivity contribution >= 4 is 0 Å². The Balaban J connectivity index is 1.82. The molecule has 1 aliphatic rings. The highest BCUT2D eigenvalue weighted by molar-refractivity contribution is 5.14. The second-order valence-corrected chi connectivity index (χ2v) is 4.00. The van der Waals surface area contributed by atoms with E-state index in [-0.39, 0.29) is 6.04 Å². The van der Waals surface area contributed by atoms with Gasteiger partial charge in [0.2, 0.25) is 0 Å². The van der Waals surface area contributed by atoms with E-state index < -0.39 is 0 Å². The van der Waals surface area contributed by atoms with E-state index >= 15 is 0 Å². The molecule has 1 fully saturated rings. The first-order valence-electron chi connectivity index (χ1n) is 5.47. The highest BCUT2D eigenvalue weighted by Gasteiger charge is 2.21. The first kappa shape index (κ1) is 10.6. The van der Waals surface area contributed by atoms with E-state index in [1.807, 2.05) is 18.2 Å². The average Bonchev–Trinajstić information content (AvgIpc) is 2.29. The summed E-state index contributed by atoms with van der Waals surface area (Å²) in [5, 5.41) is 3.44. The number of benzene rings is 1. The third kappa shape index (κ3) is 3.02. The zero-order chi connectivity index (χ0) is 10.5. The van der Waals surface area contributed by atoms with Gasteiger partial charge in [0.15, 0.2) is 0 Å². The fourth-order valence-electron chi connectivity index (χ4n) is 1.81. The molecule has 1 aliphatic heterocycles. The van der Waals surface area contributed by atoms with Crippen LogP contribution in [-0.4, -0.2) is 25.3 Å². The molecular formula is C12H18N2O. The van der Waals surface area contributed by atoms with E-state index in [0.29, 0.717) is 6.04 Å². The van der Waals surface area contributed by atoms with Crippen molar-refractivity contribution in [1.29, 1.82) is 0 Å². The zero-order valence-corrected chi connectivity index (χ0v) is 8.86. The molecule has 0 aliphatic carbocycles. The smallest absolute Gasteiger partial charge is 0.0634 e. The molecule has 0 unspecified atom stereocenters. The molecule has 3 heteroatoms. The van der Waals surface area contributed by atoms with Crippen LogP contribution >= 0.6 is 0 Å². The van der Waals surface area contributed by atoms with Gasteiger partial charge in [-0.3, -0.25) is 0 Å². The molecule has 1 aromatic rings. The van der Waals surface area contributed by atoms with Crippen molar-refractivity contribution < 1.29 is 4.74 Å². The summed E-state index contributed by atoms with van der Waals surface area (Å²) in [6, 6.07) is 10.9. The van der Waals surface area contributed by atoms with Crippen molar-refractivity contribution in [2.75, 3.05) is 13.2 Å². The minimum atomic E-state index is 0.225. The molecule has 0 radical (unpaired) electrons. The maximum absolute atomic E-state index is 6.00. The van der Waals surface area contributed by atoms with Gasteiger partial charge in [-0.2, -0.15) is 0 Å². The monoisotopic (exact) mass is 206 g/mol. The van der Waals surface area contributed by atoms with Gasteiger partial charge in [-0.05, 0) is 12.0 Å². The number of rotatable bonds is 3. The molecule has 1 heterocycles. The normalized spacial score (nSPS) is 26.5. The second-order valence-electron chi connectivity index (χ2n) is 4.00. The minimum absolute atomic E-state index is 0.225. The van der Waals surface area contributed by atoms with Crippen LogP contribution in [0.3, 0.4) is 0 Å². The van der Waals surface area contributed by atoms with Crippen molar-refractivity contribution in [1.82, 2.24) is 5.32 Å². The Morgan fingerprint density at radius 3 is 2.87 bits per heavy atom. The Morgan fingerprint density at radius 1 is 1.33 bits per heavy atom. The van der Waals surface area contributed by atoms with Crippen molar-refractivity contribution in [2.24, 2.45) is 5.73 Å². The molecule has 2 rings (SSSR count). The van der Waals surface area contributed by atoms with Gasteiger partial charge in [0.1, 0.15) is 0 Å². The molecule has 0 bridgehead atoms. The summed E-state index contributed by atoms with van der Waals surface area (Å²) in [6.07, 6.45) is 0.951. The number of nitrogens with one attached hydrogen (secondary N) is 1. The molecule has 0 amide bonds. The topological polar surface area (TPSA) is 47.3 Å². The molecule has 82 valence electrons. The first-order chi connectivity index (χ1) is 7.36. The molecule has 15 heavy (non-hydrogen) atoms. The minimum Gasteiger partial charge on any atom is -0.380 e. The van der Waals surface area contributed by atoms with Crippen molar-refractivity contribution in [2.45, 2.75) is 25.0 Å². The van der Waals surface area contributed by atoms with Crippen LogP contribution in [0.25, 0.3) is 0 Å². The van der Waals surface area contributed by atoms with E-state index in [4.69, 9.17) is 10.5 Å². The molecular weight excluding hydrogens is 188 g/mol. The Morgan fingerprint density at radius 2 is 2.13 bits per heavy atom. The standard InChI is InChI=1S/C12H18N2O/c13-11-6-7-15-9-12(11)14-8-10-4-2-1-3-5-10/h1-5,11-12,14H,6-9,13H2/t11-,12-/m1/s1. The molecule has 2 atom stereocenters. The van der Waals surface area contributed by atoms with E-state index in [0.717, 1.165) is 26.2 Å².